The van der Waals surface area contributed by atoms with E-state index in [-0.39, 0.29) is 18.3 Å². The van der Waals surface area contributed by atoms with Crippen LogP contribution in [0.5, 0.6) is 0 Å². The molecule has 0 saturated carbocycles. The highest BCUT2D eigenvalue weighted by Crippen LogP contribution is 2.11. The summed E-state index contributed by atoms with van der Waals surface area (Å²) in [4.78, 5) is 50.0. The summed E-state index contributed by atoms with van der Waals surface area (Å²) in [6.45, 7) is 8.49. The second kappa shape index (κ2) is 13.7. The lowest BCUT2D eigenvalue weighted by Gasteiger charge is -2.29. The molecule has 190 valence electrons. The number of carboxylic acids is 1. The number of nitrogens with one attached hydrogen (secondary N) is 3. The molecule has 0 aliphatic carbocycles. The molecular formula is C24H38N4O6. The predicted molar refractivity (Wildman–Crippen MR) is 128 cm³/mol. The summed E-state index contributed by atoms with van der Waals surface area (Å²) in [5, 5.41) is 27.2. The lowest BCUT2D eigenvalue weighted by molar-refractivity contribution is -0.143. The van der Waals surface area contributed by atoms with Crippen LogP contribution in [0.25, 0.3) is 0 Å². The number of hydrogen-bond donors (Lipinski definition) is 6. The largest absolute Gasteiger partial charge is 0.480 e. The molecule has 34 heavy (non-hydrogen) atoms. The van der Waals surface area contributed by atoms with Gasteiger partial charge < -0.3 is 31.9 Å². The van der Waals surface area contributed by atoms with Crippen LogP contribution in [-0.2, 0) is 25.6 Å². The molecule has 6 atom stereocenters. The quantitative estimate of drug-likeness (QED) is 0.235. The van der Waals surface area contributed by atoms with Gasteiger partial charge in [-0.2, -0.15) is 0 Å². The van der Waals surface area contributed by atoms with Crippen molar-refractivity contribution in [2.45, 2.75) is 77.7 Å². The number of amides is 3. The Morgan fingerprint density at radius 3 is 1.88 bits per heavy atom. The van der Waals surface area contributed by atoms with Crippen molar-refractivity contribution >= 4 is 23.7 Å². The fraction of sp³-hybridized carbons (Fsp3) is 0.583. The number of aliphatic hydroxyl groups excluding tert-OH is 1. The van der Waals surface area contributed by atoms with E-state index in [9.17, 15) is 29.4 Å². The zero-order valence-corrected chi connectivity index (χ0v) is 20.4. The molecule has 0 heterocycles. The van der Waals surface area contributed by atoms with Crippen LogP contribution in [0.2, 0.25) is 0 Å². The highest BCUT2D eigenvalue weighted by Gasteiger charge is 2.34. The summed E-state index contributed by atoms with van der Waals surface area (Å²) in [6, 6.07) is 4.27. The monoisotopic (exact) mass is 478 g/mol. The minimum Gasteiger partial charge on any atom is -0.480 e. The number of carbonyl (C=O) groups is 4. The second-order valence-corrected chi connectivity index (χ2v) is 8.96. The molecule has 0 spiro atoms. The van der Waals surface area contributed by atoms with Crippen molar-refractivity contribution in [2.24, 2.45) is 17.6 Å². The Labute approximate surface area is 200 Å². The first-order valence-corrected chi connectivity index (χ1v) is 11.5. The van der Waals surface area contributed by atoms with Crippen LogP contribution in [0.3, 0.4) is 0 Å². The number of benzene rings is 1. The molecule has 0 bridgehead atoms. The molecule has 0 aliphatic heterocycles. The Hall–Kier alpha value is -2.98. The molecule has 0 aromatic heterocycles. The van der Waals surface area contributed by atoms with Crippen molar-refractivity contribution in [3.05, 3.63) is 35.9 Å². The molecule has 1 aromatic rings. The molecule has 10 heteroatoms. The Morgan fingerprint density at radius 2 is 1.41 bits per heavy atom. The molecule has 1 rings (SSSR count). The summed E-state index contributed by atoms with van der Waals surface area (Å²) in [5.74, 6) is -3.70. The molecule has 0 saturated heterocycles. The average molecular weight is 479 g/mol. The standard InChI is InChI=1S/C24H38N4O6/c1-6-14(4)19(27-21(30)18(25)13(2)3)22(31)28-20(15(5)29)23(32)26-17(24(33)34)12-16-10-8-7-9-11-16/h7-11,13-15,17-20,29H,6,12,25H2,1-5H3,(H,26,32)(H,27,30)(H,28,31)(H,33,34). The van der Waals surface area contributed by atoms with Gasteiger partial charge in [-0.25, -0.2) is 4.79 Å². The highest BCUT2D eigenvalue weighted by molar-refractivity contribution is 5.94. The van der Waals surface area contributed by atoms with Crippen molar-refractivity contribution in [3.63, 3.8) is 0 Å². The molecule has 6 unspecified atom stereocenters. The fourth-order valence-electron chi connectivity index (χ4n) is 3.21. The van der Waals surface area contributed by atoms with Gasteiger partial charge in [-0.1, -0.05) is 64.4 Å². The maximum absolute atomic E-state index is 13.0. The number of carboxylic acid groups (broad SMARTS) is 1. The average Bonchev–Trinajstić information content (AvgIpc) is 2.79. The van der Waals surface area contributed by atoms with Crippen LogP contribution in [0.15, 0.2) is 30.3 Å². The molecular weight excluding hydrogens is 440 g/mol. The van der Waals surface area contributed by atoms with E-state index in [0.717, 1.165) is 0 Å². The van der Waals surface area contributed by atoms with E-state index in [1.165, 1.54) is 6.92 Å². The van der Waals surface area contributed by atoms with Gasteiger partial charge in [0.2, 0.25) is 17.7 Å². The van der Waals surface area contributed by atoms with E-state index in [0.29, 0.717) is 12.0 Å². The van der Waals surface area contributed by atoms with Crippen LogP contribution in [-0.4, -0.2) is 64.2 Å². The number of rotatable bonds is 13. The summed E-state index contributed by atoms with van der Waals surface area (Å²) < 4.78 is 0. The van der Waals surface area contributed by atoms with Crippen LogP contribution in [0.4, 0.5) is 0 Å². The SMILES string of the molecule is CCC(C)C(NC(=O)C(N)C(C)C)C(=O)NC(C(=O)NC(Cc1ccccc1)C(=O)O)C(C)O. The van der Waals surface area contributed by atoms with Gasteiger partial charge in [0.05, 0.1) is 12.1 Å². The highest BCUT2D eigenvalue weighted by atomic mass is 16.4. The zero-order valence-electron chi connectivity index (χ0n) is 20.4. The second-order valence-electron chi connectivity index (χ2n) is 8.96. The lowest BCUT2D eigenvalue weighted by atomic mass is 9.96. The molecule has 0 radical (unpaired) electrons. The van der Waals surface area contributed by atoms with E-state index >= 15 is 0 Å². The van der Waals surface area contributed by atoms with Crippen molar-refractivity contribution in [1.82, 2.24) is 16.0 Å². The normalized spacial score (nSPS) is 16.5. The summed E-state index contributed by atoms with van der Waals surface area (Å²) in [7, 11) is 0. The minimum absolute atomic E-state index is 0.0288. The van der Waals surface area contributed by atoms with Gasteiger partial charge in [-0.05, 0) is 24.3 Å². The Kier molecular flexibility index (Phi) is 11.7. The van der Waals surface area contributed by atoms with Crippen molar-refractivity contribution in [2.75, 3.05) is 0 Å². The maximum atomic E-state index is 13.0. The predicted octanol–water partition coefficient (Wildman–Crippen LogP) is 0.178. The third kappa shape index (κ3) is 8.75. The Bertz CT molecular complexity index is 830. The number of aliphatic hydroxyl groups is 1. The fourth-order valence-corrected chi connectivity index (χ4v) is 3.21. The first-order valence-electron chi connectivity index (χ1n) is 11.5. The Balaban J connectivity index is 2.99. The lowest BCUT2D eigenvalue weighted by Crippen LogP contribution is -2.61. The van der Waals surface area contributed by atoms with E-state index in [1.807, 2.05) is 6.92 Å². The van der Waals surface area contributed by atoms with E-state index in [1.54, 1.807) is 51.1 Å². The molecule has 10 nitrogen and oxygen atoms in total. The van der Waals surface area contributed by atoms with Gasteiger partial charge in [0.1, 0.15) is 18.1 Å². The van der Waals surface area contributed by atoms with Crippen LogP contribution >= 0.6 is 0 Å². The van der Waals surface area contributed by atoms with Gasteiger partial charge in [0.25, 0.3) is 0 Å². The number of nitrogens with two attached hydrogens (primary N) is 1. The van der Waals surface area contributed by atoms with Gasteiger partial charge in [0.15, 0.2) is 0 Å². The first kappa shape index (κ1) is 29.1. The minimum atomic E-state index is -1.42. The smallest absolute Gasteiger partial charge is 0.326 e. The third-order valence-corrected chi connectivity index (χ3v) is 5.77. The first-order chi connectivity index (χ1) is 15.9. The molecule has 1 aromatic carbocycles. The van der Waals surface area contributed by atoms with Gasteiger partial charge >= 0.3 is 5.97 Å². The summed E-state index contributed by atoms with van der Waals surface area (Å²) in [5.41, 5.74) is 6.59. The molecule has 0 fully saturated rings. The number of carbonyl (C=O) groups excluding carboxylic acids is 3. The van der Waals surface area contributed by atoms with E-state index < -0.39 is 54.0 Å². The summed E-state index contributed by atoms with van der Waals surface area (Å²) in [6.07, 6.45) is -0.735. The van der Waals surface area contributed by atoms with E-state index in [4.69, 9.17) is 5.73 Å². The van der Waals surface area contributed by atoms with Gasteiger partial charge in [-0.15, -0.1) is 0 Å². The van der Waals surface area contributed by atoms with E-state index in [2.05, 4.69) is 16.0 Å². The third-order valence-electron chi connectivity index (χ3n) is 5.77. The van der Waals surface area contributed by atoms with Crippen LogP contribution in [0.1, 0.15) is 46.6 Å². The zero-order chi connectivity index (χ0) is 26.0. The molecule has 3 amide bonds. The number of aliphatic carboxylic acids is 1. The van der Waals surface area contributed by atoms with Crippen LogP contribution in [0, 0.1) is 11.8 Å². The Morgan fingerprint density at radius 1 is 0.882 bits per heavy atom. The number of hydrogen-bond acceptors (Lipinski definition) is 6. The molecule has 0 aliphatic rings. The van der Waals surface area contributed by atoms with Crippen LogP contribution < -0.4 is 21.7 Å². The van der Waals surface area contributed by atoms with Crippen molar-refractivity contribution < 1.29 is 29.4 Å². The van der Waals surface area contributed by atoms with Gasteiger partial charge in [-0.3, -0.25) is 14.4 Å². The van der Waals surface area contributed by atoms with Crippen molar-refractivity contribution in [1.29, 1.82) is 0 Å². The topological polar surface area (TPSA) is 171 Å². The summed E-state index contributed by atoms with van der Waals surface area (Å²) >= 11 is 0. The molecule has 7 N–H and O–H groups in total. The maximum Gasteiger partial charge on any atom is 0.326 e. The van der Waals surface area contributed by atoms with Gasteiger partial charge in [0, 0.05) is 6.42 Å². The van der Waals surface area contributed by atoms with Crippen molar-refractivity contribution in [3.8, 4) is 0 Å².